The lowest BCUT2D eigenvalue weighted by Crippen LogP contribution is -2.19. The molecule has 0 amide bonds. The minimum absolute atomic E-state index is 0.279. The van der Waals surface area contributed by atoms with Crippen LogP contribution < -0.4 is 10.5 Å². The lowest BCUT2D eigenvalue weighted by Gasteiger charge is -2.15. The topological polar surface area (TPSA) is 35.2 Å². The number of methoxy groups -OCH3 is 1. The number of halogens is 1. The first-order valence-electron chi connectivity index (χ1n) is 7.20. The minimum Gasteiger partial charge on any atom is -0.494 e. The molecule has 1 atom stereocenters. The Kier molecular flexibility index (Phi) is 5.34. The molecule has 2 aromatic carbocycles. The molecule has 0 saturated heterocycles. The SMILES string of the molecule is COc1ccc(CC(CN)Cc2ccc(C)cc2)cc1F. The van der Waals surface area contributed by atoms with Crippen LogP contribution in [0.5, 0.6) is 5.75 Å². The average Bonchev–Trinajstić information content (AvgIpc) is 2.49. The van der Waals surface area contributed by atoms with Crippen LogP contribution in [-0.4, -0.2) is 13.7 Å². The first-order chi connectivity index (χ1) is 10.1. The van der Waals surface area contributed by atoms with Gasteiger partial charge < -0.3 is 10.5 Å². The van der Waals surface area contributed by atoms with Crippen molar-refractivity contribution >= 4 is 0 Å². The first kappa shape index (κ1) is 15.5. The van der Waals surface area contributed by atoms with Gasteiger partial charge in [-0.05, 0) is 55.5 Å². The summed E-state index contributed by atoms with van der Waals surface area (Å²) in [6.45, 7) is 2.66. The Hall–Kier alpha value is -1.87. The fourth-order valence-corrected chi connectivity index (χ4v) is 2.47. The van der Waals surface area contributed by atoms with Gasteiger partial charge in [-0.15, -0.1) is 0 Å². The zero-order valence-electron chi connectivity index (χ0n) is 12.6. The Balaban J connectivity index is 2.05. The van der Waals surface area contributed by atoms with E-state index in [1.165, 1.54) is 24.3 Å². The summed E-state index contributed by atoms with van der Waals surface area (Å²) < 4.78 is 18.7. The maximum atomic E-state index is 13.7. The van der Waals surface area contributed by atoms with Crippen molar-refractivity contribution in [3.63, 3.8) is 0 Å². The smallest absolute Gasteiger partial charge is 0.165 e. The van der Waals surface area contributed by atoms with E-state index in [1.807, 2.05) is 6.07 Å². The summed E-state index contributed by atoms with van der Waals surface area (Å²) in [4.78, 5) is 0. The van der Waals surface area contributed by atoms with E-state index in [9.17, 15) is 4.39 Å². The Morgan fingerprint density at radius 2 is 1.67 bits per heavy atom. The summed E-state index contributed by atoms with van der Waals surface area (Å²) in [7, 11) is 1.47. The highest BCUT2D eigenvalue weighted by Gasteiger charge is 2.11. The molecule has 112 valence electrons. The monoisotopic (exact) mass is 287 g/mol. The lowest BCUT2D eigenvalue weighted by atomic mass is 9.92. The molecule has 0 aliphatic heterocycles. The van der Waals surface area contributed by atoms with E-state index in [-0.39, 0.29) is 11.6 Å². The molecule has 0 aromatic heterocycles. The zero-order chi connectivity index (χ0) is 15.2. The van der Waals surface area contributed by atoms with E-state index in [2.05, 4.69) is 31.2 Å². The summed E-state index contributed by atoms with van der Waals surface area (Å²) >= 11 is 0. The minimum atomic E-state index is -0.318. The fourth-order valence-electron chi connectivity index (χ4n) is 2.47. The summed E-state index contributed by atoms with van der Waals surface area (Å²) in [6, 6.07) is 13.6. The Bertz CT molecular complexity index is 580. The first-order valence-corrected chi connectivity index (χ1v) is 7.20. The van der Waals surface area contributed by atoms with E-state index in [0.29, 0.717) is 12.5 Å². The molecule has 2 rings (SSSR count). The molecule has 0 saturated carbocycles. The van der Waals surface area contributed by atoms with Crippen molar-refractivity contribution in [1.82, 2.24) is 0 Å². The quantitative estimate of drug-likeness (QED) is 0.882. The van der Waals surface area contributed by atoms with Crippen molar-refractivity contribution in [3.8, 4) is 5.75 Å². The third kappa shape index (κ3) is 4.30. The zero-order valence-corrected chi connectivity index (χ0v) is 12.6. The van der Waals surface area contributed by atoms with Crippen LogP contribution in [0.3, 0.4) is 0 Å². The van der Waals surface area contributed by atoms with Crippen LogP contribution in [-0.2, 0) is 12.8 Å². The van der Waals surface area contributed by atoms with Gasteiger partial charge in [0.1, 0.15) is 0 Å². The standard InChI is InChI=1S/C18H22FNO/c1-13-3-5-14(6-4-13)9-16(12-20)10-15-7-8-18(21-2)17(19)11-15/h3-8,11,16H,9-10,12,20H2,1-2H3. The third-order valence-electron chi connectivity index (χ3n) is 3.72. The largest absolute Gasteiger partial charge is 0.494 e. The number of nitrogens with two attached hydrogens (primary N) is 1. The molecule has 1 unspecified atom stereocenters. The molecule has 0 aliphatic rings. The van der Waals surface area contributed by atoms with Gasteiger partial charge >= 0.3 is 0 Å². The van der Waals surface area contributed by atoms with Crippen molar-refractivity contribution in [1.29, 1.82) is 0 Å². The molecule has 0 heterocycles. The van der Waals surface area contributed by atoms with Crippen molar-refractivity contribution in [2.24, 2.45) is 11.7 Å². The van der Waals surface area contributed by atoms with Gasteiger partial charge in [0, 0.05) is 0 Å². The number of hydrogen-bond acceptors (Lipinski definition) is 2. The number of ether oxygens (including phenoxy) is 1. The summed E-state index contributed by atoms with van der Waals surface area (Å²) in [5.74, 6) is 0.267. The predicted molar refractivity (Wildman–Crippen MR) is 84.1 cm³/mol. The average molecular weight is 287 g/mol. The third-order valence-corrected chi connectivity index (χ3v) is 3.72. The normalized spacial score (nSPS) is 12.2. The Morgan fingerprint density at radius 3 is 2.24 bits per heavy atom. The molecular formula is C18H22FNO. The lowest BCUT2D eigenvalue weighted by molar-refractivity contribution is 0.385. The Morgan fingerprint density at radius 1 is 1.05 bits per heavy atom. The van der Waals surface area contributed by atoms with E-state index in [4.69, 9.17) is 10.5 Å². The van der Waals surface area contributed by atoms with Crippen LogP contribution in [0.2, 0.25) is 0 Å². The molecule has 0 spiro atoms. The maximum absolute atomic E-state index is 13.7. The Labute approximate surface area is 125 Å². The van der Waals surface area contributed by atoms with Crippen LogP contribution in [0.4, 0.5) is 4.39 Å². The maximum Gasteiger partial charge on any atom is 0.165 e. The molecule has 3 heteroatoms. The fraction of sp³-hybridized carbons (Fsp3) is 0.333. The highest BCUT2D eigenvalue weighted by atomic mass is 19.1. The molecule has 2 aromatic rings. The number of aryl methyl sites for hydroxylation is 1. The molecule has 0 bridgehead atoms. The second-order valence-electron chi connectivity index (χ2n) is 5.46. The molecule has 0 fully saturated rings. The van der Waals surface area contributed by atoms with Crippen LogP contribution in [0, 0.1) is 18.7 Å². The van der Waals surface area contributed by atoms with E-state index in [1.54, 1.807) is 6.07 Å². The molecular weight excluding hydrogens is 265 g/mol. The summed E-state index contributed by atoms with van der Waals surface area (Å²) in [5.41, 5.74) is 9.35. The second-order valence-corrected chi connectivity index (χ2v) is 5.46. The van der Waals surface area contributed by atoms with Gasteiger partial charge in [0.15, 0.2) is 11.6 Å². The molecule has 2 nitrogen and oxygen atoms in total. The van der Waals surface area contributed by atoms with E-state index in [0.717, 1.165) is 18.4 Å². The molecule has 0 radical (unpaired) electrons. The highest BCUT2D eigenvalue weighted by Crippen LogP contribution is 2.21. The van der Waals surface area contributed by atoms with Crippen LogP contribution in [0.25, 0.3) is 0 Å². The van der Waals surface area contributed by atoms with Gasteiger partial charge in [-0.25, -0.2) is 4.39 Å². The van der Waals surface area contributed by atoms with Crippen molar-refractivity contribution < 1.29 is 9.13 Å². The predicted octanol–water partition coefficient (Wildman–Crippen LogP) is 3.50. The van der Waals surface area contributed by atoms with Crippen molar-refractivity contribution in [3.05, 3.63) is 65.0 Å². The number of benzene rings is 2. The van der Waals surface area contributed by atoms with Gasteiger partial charge in [0.2, 0.25) is 0 Å². The molecule has 0 aliphatic carbocycles. The van der Waals surface area contributed by atoms with Crippen molar-refractivity contribution in [2.45, 2.75) is 19.8 Å². The highest BCUT2D eigenvalue weighted by molar-refractivity contribution is 5.30. The van der Waals surface area contributed by atoms with Gasteiger partial charge in [-0.3, -0.25) is 0 Å². The van der Waals surface area contributed by atoms with Crippen molar-refractivity contribution in [2.75, 3.05) is 13.7 Å². The van der Waals surface area contributed by atoms with Gasteiger partial charge in [-0.2, -0.15) is 0 Å². The molecule has 2 N–H and O–H groups in total. The van der Waals surface area contributed by atoms with E-state index >= 15 is 0 Å². The number of rotatable bonds is 6. The van der Waals surface area contributed by atoms with Gasteiger partial charge in [0.25, 0.3) is 0 Å². The summed E-state index contributed by atoms with van der Waals surface area (Å²) in [5, 5.41) is 0. The van der Waals surface area contributed by atoms with E-state index < -0.39 is 0 Å². The summed E-state index contributed by atoms with van der Waals surface area (Å²) in [6.07, 6.45) is 1.68. The van der Waals surface area contributed by atoms with Crippen LogP contribution >= 0.6 is 0 Å². The van der Waals surface area contributed by atoms with Crippen LogP contribution in [0.15, 0.2) is 42.5 Å². The number of hydrogen-bond donors (Lipinski definition) is 1. The van der Waals surface area contributed by atoms with Crippen LogP contribution in [0.1, 0.15) is 16.7 Å². The molecule has 21 heavy (non-hydrogen) atoms. The van der Waals surface area contributed by atoms with Gasteiger partial charge in [0.05, 0.1) is 7.11 Å². The second kappa shape index (κ2) is 7.23. The van der Waals surface area contributed by atoms with Gasteiger partial charge in [-0.1, -0.05) is 35.9 Å².